The predicted molar refractivity (Wildman–Crippen MR) is 82.6 cm³/mol. The average molecular weight is 273 g/mol. The van der Waals surface area contributed by atoms with E-state index in [9.17, 15) is 0 Å². The van der Waals surface area contributed by atoms with Gasteiger partial charge in [-0.2, -0.15) is 0 Å². The van der Waals surface area contributed by atoms with Gasteiger partial charge in [0.15, 0.2) is 0 Å². The molecule has 1 aliphatic heterocycles. The predicted octanol–water partition coefficient (Wildman–Crippen LogP) is 3.99. The van der Waals surface area contributed by atoms with Gasteiger partial charge in [-0.1, -0.05) is 38.1 Å². The Hall–Kier alpha value is -0.860. The molecule has 2 aliphatic rings. The Kier molecular flexibility index (Phi) is 3.64. The van der Waals surface area contributed by atoms with Crippen LogP contribution in [-0.4, -0.2) is 12.1 Å². The summed E-state index contributed by atoms with van der Waals surface area (Å²) in [4.78, 5) is 0. The van der Waals surface area contributed by atoms with Gasteiger partial charge in [0.2, 0.25) is 0 Å². The molecule has 110 valence electrons. The van der Waals surface area contributed by atoms with Crippen LogP contribution >= 0.6 is 0 Å². The standard InChI is InChI=1S/C18H27NO/c1-17(2)8-10-18(19,11-9-17)13-16-15-6-4-3-5-14(15)7-12-20-16/h3-6,16H,7-13,19H2,1-2H3. The molecule has 1 fully saturated rings. The molecule has 1 saturated carbocycles. The van der Waals surface area contributed by atoms with E-state index in [1.54, 1.807) is 0 Å². The molecule has 0 amide bonds. The number of hydrogen-bond acceptors (Lipinski definition) is 2. The quantitative estimate of drug-likeness (QED) is 0.884. The summed E-state index contributed by atoms with van der Waals surface area (Å²) in [7, 11) is 0. The minimum absolute atomic E-state index is 0.0371. The van der Waals surface area contributed by atoms with Crippen LogP contribution in [0, 0.1) is 5.41 Å². The molecule has 0 radical (unpaired) electrons. The maximum atomic E-state index is 6.69. The first-order chi connectivity index (χ1) is 9.48. The highest BCUT2D eigenvalue weighted by atomic mass is 16.5. The minimum atomic E-state index is -0.0371. The molecule has 20 heavy (non-hydrogen) atoms. The van der Waals surface area contributed by atoms with Gasteiger partial charge in [0, 0.05) is 5.54 Å². The summed E-state index contributed by atoms with van der Waals surface area (Å²) in [5, 5.41) is 0. The van der Waals surface area contributed by atoms with Crippen molar-refractivity contribution in [2.75, 3.05) is 6.61 Å². The summed E-state index contributed by atoms with van der Waals surface area (Å²) in [6.07, 6.45) is 6.93. The van der Waals surface area contributed by atoms with Gasteiger partial charge in [-0.15, -0.1) is 0 Å². The molecule has 3 rings (SSSR count). The van der Waals surface area contributed by atoms with E-state index in [1.807, 2.05) is 0 Å². The topological polar surface area (TPSA) is 35.2 Å². The molecule has 1 heterocycles. The molecule has 2 N–H and O–H groups in total. The van der Waals surface area contributed by atoms with Crippen molar-refractivity contribution in [1.82, 2.24) is 0 Å². The third-order valence-electron chi connectivity index (χ3n) is 5.28. The van der Waals surface area contributed by atoms with Crippen molar-refractivity contribution in [3.05, 3.63) is 35.4 Å². The molecular formula is C18H27NO. The molecule has 0 spiro atoms. The van der Waals surface area contributed by atoms with E-state index in [1.165, 1.54) is 24.0 Å². The van der Waals surface area contributed by atoms with Crippen LogP contribution in [0.15, 0.2) is 24.3 Å². The average Bonchev–Trinajstić information content (AvgIpc) is 2.43. The lowest BCUT2D eigenvalue weighted by atomic mass is 9.67. The fraction of sp³-hybridized carbons (Fsp3) is 0.667. The Balaban J connectivity index is 1.73. The van der Waals surface area contributed by atoms with Crippen LogP contribution in [0.2, 0.25) is 0 Å². The van der Waals surface area contributed by atoms with Gasteiger partial charge in [-0.25, -0.2) is 0 Å². The lowest BCUT2D eigenvalue weighted by Crippen LogP contribution is -2.46. The highest BCUT2D eigenvalue weighted by Crippen LogP contribution is 2.43. The smallest absolute Gasteiger partial charge is 0.0845 e. The number of nitrogens with two attached hydrogens (primary N) is 1. The molecule has 1 aromatic carbocycles. The van der Waals surface area contributed by atoms with Crippen LogP contribution in [0.3, 0.4) is 0 Å². The first-order valence-electron chi connectivity index (χ1n) is 7.96. The first kappa shape index (κ1) is 14.1. The number of benzene rings is 1. The Morgan fingerprint density at radius 3 is 2.60 bits per heavy atom. The normalized spacial score (nSPS) is 27.9. The van der Waals surface area contributed by atoms with Gasteiger partial charge in [0.25, 0.3) is 0 Å². The fourth-order valence-corrected chi connectivity index (χ4v) is 3.64. The van der Waals surface area contributed by atoms with E-state index in [2.05, 4.69) is 38.1 Å². The zero-order chi connectivity index (χ0) is 14.2. The van der Waals surface area contributed by atoms with Gasteiger partial charge < -0.3 is 10.5 Å². The van der Waals surface area contributed by atoms with Crippen molar-refractivity contribution in [3.63, 3.8) is 0 Å². The molecule has 2 nitrogen and oxygen atoms in total. The Bertz CT molecular complexity index is 470. The summed E-state index contributed by atoms with van der Waals surface area (Å²) < 4.78 is 6.04. The molecule has 1 atom stereocenters. The summed E-state index contributed by atoms with van der Waals surface area (Å²) in [6.45, 7) is 5.56. The van der Waals surface area contributed by atoms with E-state index in [0.29, 0.717) is 5.41 Å². The van der Waals surface area contributed by atoms with Crippen LogP contribution in [0.5, 0.6) is 0 Å². The van der Waals surface area contributed by atoms with Crippen molar-refractivity contribution in [3.8, 4) is 0 Å². The lowest BCUT2D eigenvalue weighted by Gasteiger charge is -2.43. The van der Waals surface area contributed by atoms with Gasteiger partial charge in [-0.05, 0) is 55.1 Å². The van der Waals surface area contributed by atoms with Crippen molar-refractivity contribution in [2.24, 2.45) is 11.1 Å². The SMILES string of the molecule is CC1(C)CCC(N)(CC2OCCc3ccccc32)CC1. The second-order valence-electron chi connectivity index (χ2n) is 7.54. The van der Waals surface area contributed by atoms with Crippen LogP contribution in [0.25, 0.3) is 0 Å². The summed E-state index contributed by atoms with van der Waals surface area (Å²) in [6, 6.07) is 8.70. The molecule has 1 aliphatic carbocycles. The van der Waals surface area contributed by atoms with Gasteiger partial charge >= 0.3 is 0 Å². The zero-order valence-corrected chi connectivity index (χ0v) is 12.8. The minimum Gasteiger partial charge on any atom is -0.373 e. The van der Waals surface area contributed by atoms with Crippen molar-refractivity contribution in [2.45, 2.75) is 64.0 Å². The van der Waals surface area contributed by atoms with Gasteiger partial charge in [0.1, 0.15) is 0 Å². The van der Waals surface area contributed by atoms with Gasteiger partial charge in [-0.3, -0.25) is 0 Å². The fourth-order valence-electron chi connectivity index (χ4n) is 3.64. The second-order valence-corrected chi connectivity index (χ2v) is 7.54. The number of ether oxygens (including phenoxy) is 1. The zero-order valence-electron chi connectivity index (χ0n) is 12.8. The molecule has 1 unspecified atom stereocenters. The van der Waals surface area contributed by atoms with E-state index >= 15 is 0 Å². The highest BCUT2D eigenvalue weighted by Gasteiger charge is 2.38. The monoisotopic (exact) mass is 273 g/mol. The highest BCUT2D eigenvalue weighted by molar-refractivity contribution is 5.31. The van der Waals surface area contributed by atoms with Crippen LogP contribution in [0.4, 0.5) is 0 Å². The van der Waals surface area contributed by atoms with E-state index in [-0.39, 0.29) is 11.6 Å². The number of rotatable bonds is 2. The summed E-state index contributed by atoms with van der Waals surface area (Å²) in [5.74, 6) is 0. The van der Waals surface area contributed by atoms with Crippen molar-refractivity contribution in [1.29, 1.82) is 0 Å². The molecule has 0 aromatic heterocycles. The summed E-state index contributed by atoms with van der Waals surface area (Å²) in [5.41, 5.74) is 9.93. The Morgan fingerprint density at radius 1 is 1.15 bits per heavy atom. The second kappa shape index (κ2) is 5.16. The number of fused-ring (bicyclic) bond motifs is 1. The number of hydrogen-bond donors (Lipinski definition) is 1. The van der Waals surface area contributed by atoms with Crippen molar-refractivity contribution < 1.29 is 4.74 Å². The van der Waals surface area contributed by atoms with Gasteiger partial charge in [0.05, 0.1) is 12.7 Å². The maximum absolute atomic E-state index is 6.69. The lowest BCUT2D eigenvalue weighted by molar-refractivity contribution is 0.00896. The van der Waals surface area contributed by atoms with Crippen molar-refractivity contribution >= 4 is 0 Å². The third-order valence-corrected chi connectivity index (χ3v) is 5.28. The van der Waals surface area contributed by atoms with E-state index < -0.39 is 0 Å². The summed E-state index contributed by atoms with van der Waals surface area (Å²) >= 11 is 0. The largest absolute Gasteiger partial charge is 0.373 e. The van der Waals surface area contributed by atoms with Crippen LogP contribution in [-0.2, 0) is 11.2 Å². The maximum Gasteiger partial charge on any atom is 0.0845 e. The van der Waals surface area contributed by atoms with Crippen LogP contribution in [0.1, 0.15) is 63.2 Å². The molecule has 0 bridgehead atoms. The molecular weight excluding hydrogens is 246 g/mol. The molecule has 0 saturated heterocycles. The van der Waals surface area contributed by atoms with E-state index in [4.69, 9.17) is 10.5 Å². The first-order valence-corrected chi connectivity index (χ1v) is 7.96. The molecule has 1 aromatic rings. The molecule has 2 heteroatoms. The van der Waals surface area contributed by atoms with E-state index in [0.717, 1.165) is 32.3 Å². The Labute approximate surface area is 122 Å². The Morgan fingerprint density at radius 2 is 1.85 bits per heavy atom. The van der Waals surface area contributed by atoms with Crippen LogP contribution < -0.4 is 5.73 Å². The third kappa shape index (κ3) is 2.91.